The molecule has 0 aromatic carbocycles. The van der Waals surface area contributed by atoms with Gasteiger partial charge in [-0.2, -0.15) is 4.52 Å². The molecule has 0 saturated heterocycles. The summed E-state index contributed by atoms with van der Waals surface area (Å²) < 4.78 is 1.72. The van der Waals surface area contributed by atoms with Crippen LogP contribution in [0.2, 0.25) is 0 Å². The van der Waals surface area contributed by atoms with Crippen molar-refractivity contribution in [3.05, 3.63) is 22.5 Å². The fraction of sp³-hybridized carbons (Fsp3) is 0.400. The third kappa shape index (κ3) is 0.999. The molecular weight excluding hydrogens is 176 g/mol. The first-order chi connectivity index (χ1) is 6.52. The van der Waals surface area contributed by atoms with E-state index in [9.17, 15) is 0 Å². The summed E-state index contributed by atoms with van der Waals surface area (Å²) in [5.74, 6) is 1.44. The smallest absolute Gasteiger partial charge is 0.161 e. The molecule has 2 aromatic rings. The Hall–Kier alpha value is -1.58. The molecule has 2 aromatic heterocycles. The maximum atomic E-state index is 5.96. The Morgan fingerprint density at radius 3 is 2.29 bits per heavy atom. The number of nitrogens with zero attached hydrogens (tertiary/aromatic N) is 3. The summed E-state index contributed by atoms with van der Waals surface area (Å²) in [6.07, 6.45) is 0. The summed E-state index contributed by atoms with van der Waals surface area (Å²) in [5.41, 5.74) is 10.3. The van der Waals surface area contributed by atoms with Gasteiger partial charge in [-0.1, -0.05) is 0 Å². The molecule has 0 spiro atoms. The predicted molar refractivity (Wildman–Crippen MR) is 56.3 cm³/mol. The first-order valence-electron chi connectivity index (χ1n) is 4.61. The number of hydrogen-bond acceptors (Lipinski definition) is 3. The number of fused-ring (bicyclic) bond motifs is 1. The molecule has 0 saturated carbocycles. The van der Waals surface area contributed by atoms with Crippen LogP contribution < -0.4 is 5.73 Å². The Kier molecular flexibility index (Phi) is 1.74. The van der Waals surface area contributed by atoms with Crippen molar-refractivity contribution >= 4 is 11.5 Å². The van der Waals surface area contributed by atoms with Crippen LogP contribution in [-0.4, -0.2) is 14.6 Å². The lowest BCUT2D eigenvalue weighted by Gasteiger charge is -2.09. The second-order valence-electron chi connectivity index (χ2n) is 3.65. The van der Waals surface area contributed by atoms with Gasteiger partial charge in [-0.05, 0) is 44.4 Å². The van der Waals surface area contributed by atoms with E-state index in [0.29, 0.717) is 5.82 Å². The number of aryl methyl sites for hydroxylation is 2. The van der Waals surface area contributed by atoms with Crippen molar-refractivity contribution in [1.82, 2.24) is 14.6 Å². The number of nitrogen functional groups attached to an aromatic ring is 1. The average Bonchev–Trinajstić information content (AvgIpc) is 2.54. The van der Waals surface area contributed by atoms with E-state index in [1.807, 2.05) is 20.8 Å². The molecular formula is C10H14N4. The summed E-state index contributed by atoms with van der Waals surface area (Å²) in [4.78, 5) is 4.35. The number of aromatic nitrogens is 3. The van der Waals surface area contributed by atoms with E-state index in [2.05, 4.69) is 17.0 Å². The molecule has 0 aliphatic rings. The number of nitrogens with two attached hydrogens (primary N) is 1. The molecule has 0 amide bonds. The van der Waals surface area contributed by atoms with Crippen molar-refractivity contribution in [3.63, 3.8) is 0 Å². The van der Waals surface area contributed by atoms with Gasteiger partial charge in [-0.3, -0.25) is 0 Å². The highest BCUT2D eigenvalue weighted by Crippen LogP contribution is 2.22. The zero-order valence-corrected chi connectivity index (χ0v) is 8.92. The van der Waals surface area contributed by atoms with Crippen molar-refractivity contribution in [3.8, 4) is 0 Å². The summed E-state index contributed by atoms with van der Waals surface area (Å²) in [6, 6.07) is 0. The fourth-order valence-corrected chi connectivity index (χ4v) is 1.63. The van der Waals surface area contributed by atoms with Gasteiger partial charge in [-0.15, -0.1) is 5.10 Å². The Bertz CT molecular complexity index is 466. The monoisotopic (exact) mass is 190 g/mol. The minimum absolute atomic E-state index is 0.684. The highest BCUT2D eigenvalue weighted by atomic mass is 15.3. The van der Waals surface area contributed by atoms with Crippen LogP contribution in [0.15, 0.2) is 0 Å². The Morgan fingerprint density at radius 1 is 1.00 bits per heavy atom. The molecule has 0 bridgehead atoms. The zero-order chi connectivity index (χ0) is 10.5. The maximum Gasteiger partial charge on any atom is 0.161 e. The largest absolute Gasteiger partial charge is 0.383 e. The Morgan fingerprint density at radius 2 is 1.64 bits per heavy atom. The maximum absolute atomic E-state index is 5.96. The lowest BCUT2D eigenvalue weighted by molar-refractivity contribution is 0.927. The van der Waals surface area contributed by atoms with Crippen molar-refractivity contribution in [2.75, 3.05) is 5.73 Å². The van der Waals surface area contributed by atoms with Crippen LogP contribution >= 0.6 is 0 Å². The van der Waals surface area contributed by atoms with Crippen LogP contribution in [0.4, 0.5) is 5.82 Å². The van der Waals surface area contributed by atoms with Crippen LogP contribution in [0.5, 0.6) is 0 Å². The van der Waals surface area contributed by atoms with Gasteiger partial charge < -0.3 is 5.73 Å². The van der Waals surface area contributed by atoms with E-state index < -0.39 is 0 Å². The normalized spacial score (nSPS) is 11.1. The third-order valence-electron chi connectivity index (χ3n) is 2.79. The quantitative estimate of drug-likeness (QED) is 0.685. The molecule has 0 unspecified atom stereocenters. The number of hydrogen-bond donors (Lipinski definition) is 1. The van der Waals surface area contributed by atoms with E-state index in [0.717, 1.165) is 22.6 Å². The Balaban J connectivity index is 3.01. The highest BCUT2D eigenvalue weighted by Gasteiger charge is 2.11. The number of rotatable bonds is 0. The van der Waals surface area contributed by atoms with Gasteiger partial charge in [0, 0.05) is 0 Å². The third-order valence-corrected chi connectivity index (χ3v) is 2.79. The van der Waals surface area contributed by atoms with Crippen LogP contribution in [0.25, 0.3) is 5.65 Å². The molecule has 0 radical (unpaired) electrons. The van der Waals surface area contributed by atoms with E-state index in [4.69, 9.17) is 5.73 Å². The van der Waals surface area contributed by atoms with Gasteiger partial charge in [0.1, 0.15) is 11.6 Å². The van der Waals surface area contributed by atoms with Gasteiger partial charge in [0.25, 0.3) is 0 Å². The van der Waals surface area contributed by atoms with Gasteiger partial charge in [0.05, 0.1) is 0 Å². The molecule has 0 aliphatic heterocycles. The first kappa shape index (κ1) is 8.99. The SMILES string of the molecule is Cc1nc2c(C)c(C)c(C)c(N)n2n1. The van der Waals surface area contributed by atoms with Crippen molar-refractivity contribution < 1.29 is 0 Å². The molecule has 2 N–H and O–H groups in total. The van der Waals surface area contributed by atoms with Crippen molar-refractivity contribution in [1.29, 1.82) is 0 Å². The summed E-state index contributed by atoms with van der Waals surface area (Å²) in [6.45, 7) is 7.99. The lowest BCUT2D eigenvalue weighted by atomic mass is 10.1. The van der Waals surface area contributed by atoms with Crippen LogP contribution in [-0.2, 0) is 0 Å². The lowest BCUT2D eigenvalue weighted by Crippen LogP contribution is -2.05. The molecule has 14 heavy (non-hydrogen) atoms. The fourth-order valence-electron chi connectivity index (χ4n) is 1.63. The van der Waals surface area contributed by atoms with Gasteiger partial charge in [0.2, 0.25) is 0 Å². The van der Waals surface area contributed by atoms with Crippen molar-refractivity contribution in [2.45, 2.75) is 27.7 Å². The number of anilines is 1. The molecule has 0 atom stereocenters. The van der Waals surface area contributed by atoms with E-state index in [-0.39, 0.29) is 0 Å². The molecule has 74 valence electrons. The molecule has 2 rings (SSSR count). The average molecular weight is 190 g/mol. The van der Waals surface area contributed by atoms with E-state index in [1.165, 1.54) is 5.56 Å². The highest BCUT2D eigenvalue weighted by molar-refractivity contribution is 5.60. The first-order valence-corrected chi connectivity index (χ1v) is 4.61. The second kappa shape index (κ2) is 2.70. The van der Waals surface area contributed by atoms with Crippen LogP contribution in [0.1, 0.15) is 22.5 Å². The summed E-state index contributed by atoms with van der Waals surface area (Å²) >= 11 is 0. The van der Waals surface area contributed by atoms with Gasteiger partial charge >= 0.3 is 0 Å². The second-order valence-corrected chi connectivity index (χ2v) is 3.65. The minimum Gasteiger partial charge on any atom is -0.383 e. The molecule has 4 heteroatoms. The Labute approximate surface area is 82.8 Å². The van der Waals surface area contributed by atoms with E-state index >= 15 is 0 Å². The summed E-state index contributed by atoms with van der Waals surface area (Å²) in [7, 11) is 0. The van der Waals surface area contributed by atoms with Crippen LogP contribution in [0.3, 0.4) is 0 Å². The minimum atomic E-state index is 0.684. The summed E-state index contributed by atoms with van der Waals surface area (Å²) in [5, 5.41) is 4.26. The topological polar surface area (TPSA) is 56.2 Å². The molecule has 2 heterocycles. The van der Waals surface area contributed by atoms with Gasteiger partial charge in [-0.25, -0.2) is 4.98 Å². The van der Waals surface area contributed by atoms with Gasteiger partial charge in [0.15, 0.2) is 5.65 Å². The predicted octanol–water partition coefficient (Wildman–Crippen LogP) is 1.55. The number of pyridine rings is 1. The standard InChI is InChI=1S/C10H14N4/c1-5-6(2)9(11)14-10(7(5)3)12-8(4)13-14/h11H2,1-4H3. The van der Waals surface area contributed by atoms with Crippen molar-refractivity contribution in [2.24, 2.45) is 0 Å². The molecule has 0 aliphatic carbocycles. The van der Waals surface area contributed by atoms with Crippen LogP contribution in [0, 0.1) is 27.7 Å². The van der Waals surface area contributed by atoms with E-state index in [1.54, 1.807) is 4.52 Å². The zero-order valence-electron chi connectivity index (χ0n) is 8.92. The molecule has 0 fully saturated rings. The molecule has 4 nitrogen and oxygen atoms in total.